The molecule has 1 aromatic heterocycles. The van der Waals surface area contributed by atoms with E-state index in [2.05, 4.69) is 20.7 Å². The van der Waals surface area contributed by atoms with Gasteiger partial charge in [0.1, 0.15) is 0 Å². The fourth-order valence-electron chi connectivity index (χ4n) is 1.58. The van der Waals surface area contributed by atoms with Gasteiger partial charge in [0, 0.05) is 26.8 Å². The van der Waals surface area contributed by atoms with Crippen LogP contribution in [0.1, 0.15) is 22.2 Å². The summed E-state index contributed by atoms with van der Waals surface area (Å²) < 4.78 is 27.8. The Balaban J connectivity index is 2.17. The summed E-state index contributed by atoms with van der Waals surface area (Å²) in [7, 11) is -3.62. The second kappa shape index (κ2) is 6.17. The molecule has 0 unspecified atom stereocenters. The zero-order valence-corrected chi connectivity index (χ0v) is 13.8. The Bertz CT molecular complexity index is 738. The SMILES string of the molecule is CC(=O)c1cccc(S(=O)(=O)NCc2cc(Br)cs2)c1. The van der Waals surface area contributed by atoms with E-state index < -0.39 is 10.0 Å². The van der Waals surface area contributed by atoms with E-state index in [1.807, 2.05) is 11.4 Å². The van der Waals surface area contributed by atoms with Gasteiger partial charge >= 0.3 is 0 Å². The number of thiophene rings is 1. The van der Waals surface area contributed by atoms with Gasteiger partial charge in [0.25, 0.3) is 0 Å². The number of carbonyl (C=O) groups excluding carboxylic acids is 1. The van der Waals surface area contributed by atoms with E-state index in [0.29, 0.717) is 5.56 Å². The molecule has 1 aromatic carbocycles. The van der Waals surface area contributed by atoms with Gasteiger partial charge in [-0.15, -0.1) is 11.3 Å². The summed E-state index contributed by atoms with van der Waals surface area (Å²) in [6.07, 6.45) is 0. The number of hydrogen-bond acceptors (Lipinski definition) is 4. The normalized spacial score (nSPS) is 11.5. The average molecular weight is 374 g/mol. The fourth-order valence-corrected chi connectivity index (χ4v) is 4.11. The highest BCUT2D eigenvalue weighted by Gasteiger charge is 2.15. The summed E-state index contributed by atoms with van der Waals surface area (Å²) in [6.45, 7) is 1.63. The van der Waals surface area contributed by atoms with Crippen molar-refractivity contribution < 1.29 is 13.2 Å². The first-order valence-corrected chi connectivity index (χ1v) is 8.87. The third-order valence-electron chi connectivity index (χ3n) is 2.61. The third-order valence-corrected chi connectivity index (χ3v) is 5.71. The van der Waals surface area contributed by atoms with Gasteiger partial charge in [0.15, 0.2) is 5.78 Å². The van der Waals surface area contributed by atoms with Gasteiger partial charge in [-0.1, -0.05) is 12.1 Å². The summed E-state index contributed by atoms with van der Waals surface area (Å²) in [5, 5.41) is 1.89. The Morgan fingerprint density at radius 1 is 1.35 bits per heavy atom. The molecule has 0 aliphatic carbocycles. The molecule has 20 heavy (non-hydrogen) atoms. The summed E-state index contributed by atoms with van der Waals surface area (Å²) in [5.41, 5.74) is 0.381. The molecule has 0 atom stereocenters. The highest BCUT2D eigenvalue weighted by Crippen LogP contribution is 2.20. The summed E-state index contributed by atoms with van der Waals surface area (Å²) >= 11 is 4.78. The van der Waals surface area contributed by atoms with Crippen LogP contribution >= 0.6 is 27.3 Å². The fraction of sp³-hybridized carbons (Fsp3) is 0.154. The number of nitrogens with one attached hydrogen (secondary N) is 1. The maximum absolute atomic E-state index is 12.2. The van der Waals surface area contributed by atoms with Crippen molar-refractivity contribution >= 4 is 43.1 Å². The molecule has 0 aliphatic rings. The minimum atomic E-state index is -3.62. The van der Waals surface area contributed by atoms with Crippen LogP contribution in [0.3, 0.4) is 0 Å². The molecule has 0 fully saturated rings. The molecule has 2 rings (SSSR count). The van der Waals surface area contributed by atoms with Crippen LogP contribution in [0.4, 0.5) is 0 Å². The second-order valence-corrected chi connectivity index (χ2v) is 7.82. The lowest BCUT2D eigenvalue weighted by Crippen LogP contribution is -2.23. The molecule has 0 radical (unpaired) electrons. The molecule has 106 valence electrons. The standard InChI is InChI=1S/C13H12BrNO3S2/c1-9(16)10-3-2-4-13(5-10)20(17,18)15-7-12-6-11(14)8-19-12/h2-6,8,15H,7H2,1H3. The van der Waals surface area contributed by atoms with Gasteiger partial charge in [0.2, 0.25) is 10.0 Å². The predicted octanol–water partition coefficient (Wildman–Crippen LogP) is 3.19. The number of benzene rings is 1. The third kappa shape index (κ3) is 3.76. The zero-order chi connectivity index (χ0) is 14.8. The van der Waals surface area contributed by atoms with Crippen molar-refractivity contribution in [3.63, 3.8) is 0 Å². The quantitative estimate of drug-likeness (QED) is 0.818. The van der Waals surface area contributed by atoms with E-state index in [9.17, 15) is 13.2 Å². The number of rotatable bonds is 5. The minimum Gasteiger partial charge on any atom is -0.295 e. The molecule has 0 spiro atoms. The Morgan fingerprint density at radius 3 is 2.70 bits per heavy atom. The predicted molar refractivity (Wildman–Crippen MR) is 82.5 cm³/mol. The molecule has 0 saturated heterocycles. The van der Waals surface area contributed by atoms with Crippen LogP contribution in [-0.2, 0) is 16.6 Å². The van der Waals surface area contributed by atoms with Crippen LogP contribution in [-0.4, -0.2) is 14.2 Å². The first-order valence-electron chi connectivity index (χ1n) is 5.72. The molecule has 0 bridgehead atoms. The van der Waals surface area contributed by atoms with Crippen LogP contribution in [0.2, 0.25) is 0 Å². The largest absolute Gasteiger partial charge is 0.295 e. The average Bonchev–Trinajstić information content (AvgIpc) is 2.82. The van der Waals surface area contributed by atoms with Crippen LogP contribution in [0, 0.1) is 0 Å². The number of sulfonamides is 1. The van der Waals surface area contributed by atoms with E-state index >= 15 is 0 Å². The van der Waals surface area contributed by atoms with Gasteiger partial charge < -0.3 is 0 Å². The Labute approximate surface area is 130 Å². The number of Topliss-reactive ketones (excluding diaryl/α,β-unsaturated/α-hetero) is 1. The minimum absolute atomic E-state index is 0.0980. The number of hydrogen-bond donors (Lipinski definition) is 1. The molecular weight excluding hydrogens is 362 g/mol. The van der Waals surface area contributed by atoms with Crippen LogP contribution in [0.25, 0.3) is 0 Å². The topological polar surface area (TPSA) is 63.2 Å². The second-order valence-electron chi connectivity index (χ2n) is 4.14. The smallest absolute Gasteiger partial charge is 0.240 e. The molecule has 1 heterocycles. The van der Waals surface area contributed by atoms with Crippen molar-refractivity contribution in [1.29, 1.82) is 0 Å². The van der Waals surface area contributed by atoms with Gasteiger partial charge in [-0.05, 0) is 41.1 Å². The summed E-state index contributed by atoms with van der Waals surface area (Å²) in [4.78, 5) is 12.3. The number of carbonyl (C=O) groups is 1. The van der Waals surface area contributed by atoms with Crippen LogP contribution in [0.5, 0.6) is 0 Å². The maximum atomic E-state index is 12.2. The number of halogens is 1. The van der Waals surface area contributed by atoms with E-state index in [4.69, 9.17) is 0 Å². The molecule has 4 nitrogen and oxygen atoms in total. The lowest BCUT2D eigenvalue weighted by atomic mass is 10.2. The van der Waals surface area contributed by atoms with Gasteiger partial charge in [-0.25, -0.2) is 13.1 Å². The zero-order valence-electron chi connectivity index (χ0n) is 10.6. The first kappa shape index (κ1) is 15.4. The van der Waals surface area contributed by atoms with E-state index in [1.54, 1.807) is 12.1 Å². The van der Waals surface area contributed by atoms with Crippen molar-refractivity contribution in [3.8, 4) is 0 Å². The molecule has 2 aromatic rings. The maximum Gasteiger partial charge on any atom is 0.240 e. The van der Waals surface area contributed by atoms with Crippen molar-refractivity contribution in [2.24, 2.45) is 0 Å². The molecular formula is C13H12BrNO3S2. The molecule has 1 N–H and O–H groups in total. The van der Waals surface area contributed by atoms with Crippen molar-refractivity contribution in [3.05, 3.63) is 50.6 Å². The monoisotopic (exact) mass is 373 g/mol. The molecule has 7 heteroatoms. The highest BCUT2D eigenvalue weighted by molar-refractivity contribution is 9.10. The van der Waals surface area contributed by atoms with Crippen molar-refractivity contribution in [2.75, 3.05) is 0 Å². The summed E-state index contributed by atoms with van der Waals surface area (Å²) in [6, 6.07) is 7.87. The highest BCUT2D eigenvalue weighted by atomic mass is 79.9. The Kier molecular flexibility index (Phi) is 4.74. The van der Waals surface area contributed by atoms with Crippen LogP contribution in [0.15, 0.2) is 45.1 Å². The van der Waals surface area contributed by atoms with Crippen molar-refractivity contribution in [1.82, 2.24) is 4.72 Å². The van der Waals surface area contributed by atoms with E-state index in [-0.39, 0.29) is 17.2 Å². The Hall–Kier alpha value is -1.02. The van der Waals surface area contributed by atoms with E-state index in [0.717, 1.165) is 9.35 Å². The van der Waals surface area contributed by atoms with Gasteiger partial charge in [0.05, 0.1) is 4.90 Å². The molecule has 0 saturated carbocycles. The van der Waals surface area contributed by atoms with Crippen LogP contribution < -0.4 is 4.72 Å². The molecule has 0 amide bonds. The Morgan fingerprint density at radius 2 is 2.10 bits per heavy atom. The number of ketones is 1. The van der Waals surface area contributed by atoms with Gasteiger partial charge in [-0.3, -0.25) is 4.79 Å². The summed E-state index contributed by atoms with van der Waals surface area (Å²) in [5.74, 6) is -0.163. The lowest BCUT2D eigenvalue weighted by molar-refractivity contribution is 0.101. The van der Waals surface area contributed by atoms with Gasteiger partial charge in [-0.2, -0.15) is 0 Å². The lowest BCUT2D eigenvalue weighted by Gasteiger charge is -2.06. The van der Waals surface area contributed by atoms with Crippen molar-refractivity contribution in [2.45, 2.75) is 18.4 Å². The van der Waals surface area contributed by atoms with E-state index in [1.165, 1.54) is 30.4 Å². The molecule has 0 aliphatic heterocycles. The first-order chi connectivity index (χ1) is 9.38.